The van der Waals surface area contributed by atoms with Crippen LogP contribution in [0.1, 0.15) is 12.0 Å². The van der Waals surface area contributed by atoms with E-state index >= 15 is 0 Å². The second kappa shape index (κ2) is 10.7. The molecule has 10 rings (SSSR count). The summed E-state index contributed by atoms with van der Waals surface area (Å²) in [5.41, 5.74) is 8.15. The minimum atomic E-state index is 0.0588. The number of hydrogen-bond donors (Lipinski definition) is 0. The third kappa shape index (κ3) is 4.19. The summed E-state index contributed by atoms with van der Waals surface area (Å²) in [5, 5.41) is 9.89. The van der Waals surface area contributed by atoms with E-state index in [2.05, 4.69) is 175 Å². The fourth-order valence-corrected chi connectivity index (χ4v) is 7.83. The van der Waals surface area contributed by atoms with Gasteiger partial charge in [-0.3, -0.25) is 0 Å². The van der Waals surface area contributed by atoms with Crippen molar-refractivity contribution in [2.45, 2.75) is 12.5 Å². The number of allylic oxidation sites excluding steroid dienone is 2. The van der Waals surface area contributed by atoms with E-state index in [0.29, 0.717) is 0 Å². The molecule has 1 aliphatic heterocycles. The summed E-state index contributed by atoms with van der Waals surface area (Å²) in [7, 11) is 0. The van der Waals surface area contributed by atoms with E-state index in [-0.39, 0.29) is 6.10 Å². The average Bonchev–Trinajstić information content (AvgIpc) is 3.54. The van der Waals surface area contributed by atoms with E-state index < -0.39 is 0 Å². The maximum Gasteiger partial charge on any atom is 0.137 e. The summed E-state index contributed by atoms with van der Waals surface area (Å²) in [6.45, 7) is 0. The topological polar surface area (TPSA) is 12.5 Å². The zero-order chi connectivity index (χ0) is 31.6. The molecule has 1 atom stereocenters. The molecule has 0 spiro atoms. The summed E-state index contributed by atoms with van der Waals surface area (Å²) in [4.78, 5) is 2.41. The number of rotatable bonds is 4. The maximum atomic E-state index is 6.79. The number of nitrogens with zero attached hydrogens (tertiary/aromatic N) is 1. The van der Waals surface area contributed by atoms with E-state index in [1.165, 1.54) is 60.0 Å². The first-order valence-corrected chi connectivity index (χ1v) is 16.7. The zero-order valence-electron chi connectivity index (χ0n) is 26.3. The second-order valence-electron chi connectivity index (χ2n) is 12.8. The minimum Gasteiger partial charge on any atom is -0.484 e. The molecule has 0 radical (unpaired) electrons. The molecule has 0 N–H and O–H groups in total. The number of anilines is 3. The van der Waals surface area contributed by atoms with Crippen LogP contribution < -0.4 is 9.64 Å². The first kappa shape index (κ1) is 27.0. The zero-order valence-corrected chi connectivity index (χ0v) is 26.3. The van der Waals surface area contributed by atoms with Gasteiger partial charge in [-0.1, -0.05) is 140 Å². The molecule has 1 heterocycles. The fourth-order valence-electron chi connectivity index (χ4n) is 7.83. The molecule has 0 aromatic heterocycles. The molecule has 0 saturated carbocycles. The first-order chi connectivity index (χ1) is 23.8. The highest BCUT2D eigenvalue weighted by molar-refractivity contribution is 6.18. The van der Waals surface area contributed by atoms with Crippen molar-refractivity contribution in [3.05, 3.63) is 175 Å². The highest BCUT2D eigenvalue weighted by Gasteiger charge is 2.32. The van der Waals surface area contributed by atoms with Crippen LogP contribution in [0.2, 0.25) is 0 Å². The summed E-state index contributed by atoms with van der Waals surface area (Å²) in [6.07, 6.45) is 7.52. The Labute approximate surface area is 279 Å². The minimum absolute atomic E-state index is 0.0588. The quantitative estimate of drug-likeness (QED) is 0.183. The molecule has 48 heavy (non-hydrogen) atoms. The molecule has 0 saturated heterocycles. The van der Waals surface area contributed by atoms with Crippen LogP contribution in [0.5, 0.6) is 5.75 Å². The molecule has 8 aromatic rings. The molecule has 8 aromatic carbocycles. The number of hydrogen-bond acceptors (Lipinski definition) is 2. The van der Waals surface area contributed by atoms with Gasteiger partial charge < -0.3 is 9.64 Å². The Morgan fingerprint density at radius 2 is 1.23 bits per heavy atom. The molecule has 2 heteroatoms. The lowest BCUT2D eigenvalue weighted by Gasteiger charge is -2.28. The molecule has 0 bridgehead atoms. The van der Waals surface area contributed by atoms with E-state index in [0.717, 1.165) is 34.6 Å². The van der Waals surface area contributed by atoms with Gasteiger partial charge in [0.25, 0.3) is 0 Å². The van der Waals surface area contributed by atoms with Crippen LogP contribution >= 0.6 is 0 Å². The Hall–Kier alpha value is -6.12. The van der Waals surface area contributed by atoms with E-state index in [4.69, 9.17) is 4.74 Å². The van der Waals surface area contributed by atoms with Gasteiger partial charge in [0.05, 0.1) is 5.69 Å². The molecule has 2 aliphatic rings. The summed E-state index contributed by atoms with van der Waals surface area (Å²) in [6, 6.07) is 55.3. The standard InChI is InChI=1S/C46H31NO/c1-2-10-30(11-3-1)33-14-8-15-35(28-33)47(43-18-9-13-32-21-26-42-41-17-6-7-19-44(41)48-46(42)45(32)43)36-23-27-38-34(29-36)22-25-39-37-16-5-4-12-31(37)20-24-40(38)39/h1-18,20-29,44H,19H2. The Bertz CT molecular complexity index is 2630. The largest absolute Gasteiger partial charge is 0.484 e. The van der Waals surface area contributed by atoms with Crippen LogP contribution in [-0.2, 0) is 0 Å². The number of ether oxygens (including phenoxy) is 1. The third-order valence-electron chi connectivity index (χ3n) is 10.1. The Morgan fingerprint density at radius 3 is 2.15 bits per heavy atom. The van der Waals surface area contributed by atoms with Crippen LogP contribution in [0, 0.1) is 0 Å². The smallest absolute Gasteiger partial charge is 0.137 e. The molecule has 226 valence electrons. The van der Waals surface area contributed by atoms with Crippen molar-refractivity contribution in [2.24, 2.45) is 0 Å². The molecule has 1 unspecified atom stereocenters. The van der Waals surface area contributed by atoms with E-state index in [1.54, 1.807) is 0 Å². The summed E-state index contributed by atoms with van der Waals surface area (Å²) < 4.78 is 6.79. The van der Waals surface area contributed by atoms with Crippen molar-refractivity contribution in [2.75, 3.05) is 4.90 Å². The third-order valence-corrected chi connectivity index (χ3v) is 10.1. The van der Waals surface area contributed by atoms with Crippen molar-refractivity contribution in [1.82, 2.24) is 0 Å². The molecule has 1 aliphatic carbocycles. The van der Waals surface area contributed by atoms with Crippen molar-refractivity contribution >= 4 is 65.7 Å². The molecule has 0 amide bonds. The van der Waals surface area contributed by atoms with Crippen LogP contribution in [-0.4, -0.2) is 6.10 Å². The predicted octanol–water partition coefficient (Wildman–Crippen LogP) is 12.5. The van der Waals surface area contributed by atoms with Gasteiger partial charge in [0.15, 0.2) is 0 Å². The van der Waals surface area contributed by atoms with Crippen LogP contribution in [0.15, 0.2) is 170 Å². The predicted molar refractivity (Wildman–Crippen MR) is 203 cm³/mol. The van der Waals surface area contributed by atoms with E-state index in [1.807, 2.05) is 0 Å². The Balaban J connectivity index is 1.22. The van der Waals surface area contributed by atoms with Crippen LogP contribution in [0.3, 0.4) is 0 Å². The Morgan fingerprint density at radius 1 is 0.521 bits per heavy atom. The van der Waals surface area contributed by atoms with Gasteiger partial charge in [-0.25, -0.2) is 0 Å². The Kier molecular flexibility index (Phi) is 6.04. The van der Waals surface area contributed by atoms with Crippen molar-refractivity contribution in [1.29, 1.82) is 0 Å². The maximum absolute atomic E-state index is 6.79. The van der Waals surface area contributed by atoms with Gasteiger partial charge in [0.1, 0.15) is 11.9 Å². The normalized spacial score (nSPS) is 15.0. The van der Waals surface area contributed by atoms with Crippen molar-refractivity contribution in [3.8, 4) is 16.9 Å². The van der Waals surface area contributed by atoms with Crippen molar-refractivity contribution < 1.29 is 4.74 Å². The highest BCUT2D eigenvalue weighted by atomic mass is 16.5. The first-order valence-electron chi connectivity index (χ1n) is 16.7. The lowest BCUT2D eigenvalue weighted by atomic mass is 9.94. The van der Waals surface area contributed by atoms with Gasteiger partial charge in [0, 0.05) is 34.3 Å². The van der Waals surface area contributed by atoms with Crippen LogP contribution in [0.4, 0.5) is 17.1 Å². The van der Waals surface area contributed by atoms with E-state index in [9.17, 15) is 0 Å². The molecular weight excluding hydrogens is 583 g/mol. The lowest BCUT2D eigenvalue weighted by Crippen LogP contribution is -2.13. The fraction of sp³-hybridized carbons (Fsp3) is 0.0435. The molecule has 0 fully saturated rings. The van der Waals surface area contributed by atoms with Gasteiger partial charge in [-0.2, -0.15) is 0 Å². The van der Waals surface area contributed by atoms with Gasteiger partial charge in [-0.05, 0) is 79.2 Å². The lowest BCUT2D eigenvalue weighted by molar-refractivity contribution is 0.282. The van der Waals surface area contributed by atoms with Crippen LogP contribution in [0.25, 0.3) is 59.8 Å². The van der Waals surface area contributed by atoms with Crippen molar-refractivity contribution in [3.63, 3.8) is 0 Å². The van der Waals surface area contributed by atoms with Gasteiger partial charge in [-0.15, -0.1) is 0 Å². The number of fused-ring (bicyclic) bond motifs is 10. The van der Waals surface area contributed by atoms with Gasteiger partial charge >= 0.3 is 0 Å². The summed E-state index contributed by atoms with van der Waals surface area (Å²) >= 11 is 0. The SMILES string of the molecule is C1=CCC2Oc3c(ccc4cccc(N(c5cccc(-c6ccccc6)c5)c5ccc6c(ccc7c8ccccc8ccc67)c5)c34)C2=C1. The average molecular weight is 614 g/mol. The highest BCUT2D eigenvalue weighted by Crippen LogP contribution is 2.50. The summed E-state index contributed by atoms with van der Waals surface area (Å²) in [5.74, 6) is 0.978. The molecule has 2 nitrogen and oxygen atoms in total. The number of benzene rings is 8. The monoisotopic (exact) mass is 613 g/mol. The second-order valence-corrected chi connectivity index (χ2v) is 12.8. The van der Waals surface area contributed by atoms with Gasteiger partial charge in [0.2, 0.25) is 0 Å². The molecular formula is C46H31NO.